The fraction of sp³-hybridized carbons (Fsp3) is 0.667. The zero-order valence-electron chi connectivity index (χ0n) is 8.50. The molecule has 0 fully saturated rings. The van der Waals surface area contributed by atoms with Crippen molar-refractivity contribution >= 4 is 16.5 Å². The monoisotopic (exact) mass is 199 g/mol. The van der Waals surface area contributed by atoms with Crippen molar-refractivity contribution in [2.45, 2.75) is 20.4 Å². The smallest absolute Gasteiger partial charge is 0.185 e. The first-order valence-electron chi connectivity index (χ1n) is 4.64. The highest BCUT2D eigenvalue weighted by Gasteiger charge is 2.03. The zero-order chi connectivity index (χ0) is 9.68. The Labute approximate surface area is 83.8 Å². The molecular weight excluding hydrogens is 182 g/mol. The summed E-state index contributed by atoms with van der Waals surface area (Å²) in [6.45, 7) is 7.12. The molecule has 0 saturated heterocycles. The van der Waals surface area contributed by atoms with Crippen LogP contribution in [-0.4, -0.2) is 25.1 Å². The molecule has 0 radical (unpaired) electrons. The van der Waals surface area contributed by atoms with E-state index in [1.54, 1.807) is 11.3 Å². The van der Waals surface area contributed by atoms with Crippen LogP contribution in [0.2, 0.25) is 0 Å². The molecule has 0 unspecified atom stereocenters. The van der Waals surface area contributed by atoms with Crippen LogP contribution in [0.3, 0.4) is 0 Å². The molecule has 1 aromatic heterocycles. The van der Waals surface area contributed by atoms with Gasteiger partial charge in [0.1, 0.15) is 0 Å². The first-order valence-corrected chi connectivity index (χ1v) is 5.52. The minimum atomic E-state index is 0.880. The van der Waals surface area contributed by atoms with Crippen molar-refractivity contribution in [1.29, 1.82) is 0 Å². The summed E-state index contributed by atoms with van der Waals surface area (Å²) in [6, 6.07) is 0. The van der Waals surface area contributed by atoms with Gasteiger partial charge in [0.15, 0.2) is 5.13 Å². The zero-order valence-corrected chi connectivity index (χ0v) is 9.32. The lowest BCUT2D eigenvalue weighted by Crippen LogP contribution is -2.16. The van der Waals surface area contributed by atoms with Crippen molar-refractivity contribution in [2.75, 3.05) is 25.0 Å². The summed E-state index contributed by atoms with van der Waals surface area (Å²) in [7, 11) is 2.07. The van der Waals surface area contributed by atoms with Crippen molar-refractivity contribution in [3.05, 3.63) is 11.1 Å². The van der Waals surface area contributed by atoms with E-state index in [2.05, 4.69) is 41.5 Å². The minimum Gasteiger partial charge on any atom is -0.351 e. The van der Waals surface area contributed by atoms with Crippen LogP contribution >= 0.6 is 11.3 Å². The Morgan fingerprint density at radius 3 is 2.92 bits per heavy atom. The molecule has 13 heavy (non-hydrogen) atoms. The van der Waals surface area contributed by atoms with E-state index in [4.69, 9.17) is 0 Å². The van der Waals surface area contributed by atoms with E-state index >= 15 is 0 Å². The second-order valence-electron chi connectivity index (χ2n) is 2.92. The molecule has 0 bridgehead atoms. The quantitative estimate of drug-likeness (QED) is 0.782. The average Bonchev–Trinajstić information content (AvgIpc) is 2.62. The number of rotatable bonds is 5. The number of thiazole rings is 1. The highest BCUT2D eigenvalue weighted by atomic mass is 32.1. The first-order chi connectivity index (χ1) is 6.27. The Kier molecular flexibility index (Phi) is 4.18. The van der Waals surface area contributed by atoms with E-state index in [1.165, 1.54) is 0 Å². The third-order valence-corrected chi connectivity index (χ3v) is 2.90. The molecule has 1 heterocycles. The van der Waals surface area contributed by atoms with Crippen LogP contribution < -0.4 is 10.2 Å². The summed E-state index contributed by atoms with van der Waals surface area (Å²) in [4.78, 5) is 6.65. The highest BCUT2D eigenvalue weighted by Crippen LogP contribution is 2.18. The van der Waals surface area contributed by atoms with E-state index < -0.39 is 0 Å². The predicted octanol–water partition coefficient (Wildman–Crippen LogP) is 1.71. The Hall–Kier alpha value is -0.610. The molecule has 0 aliphatic carbocycles. The van der Waals surface area contributed by atoms with Crippen molar-refractivity contribution in [2.24, 2.45) is 0 Å². The van der Waals surface area contributed by atoms with Crippen molar-refractivity contribution < 1.29 is 0 Å². The molecule has 3 nitrogen and oxygen atoms in total. The van der Waals surface area contributed by atoms with Gasteiger partial charge in [0, 0.05) is 25.5 Å². The van der Waals surface area contributed by atoms with Crippen LogP contribution in [-0.2, 0) is 6.54 Å². The molecule has 0 saturated carbocycles. The van der Waals surface area contributed by atoms with Gasteiger partial charge in [-0.1, -0.05) is 6.92 Å². The molecule has 0 aliphatic rings. The van der Waals surface area contributed by atoms with E-state index in [-0.39, 0.29) is 0 Å². The molecule has 0 aliphatic heterocycles. The first kappa shape index (κ1) is 10.5. The summed E-state index contributed by atoms with van der Waals surface area (Å²) in [5.41, 5.74) is 1.14. The standard InChI is InChI=1S/C9H17N3S/c1-4-10-6-8-7-13-9(11-8)12(3)5-2/h7,10H,4-6H2,1-3H3. The van der Waals surface area contributed by atoms with Gasteiger partial charge in [0.2, 0.25) is 0 Å². The summed E-state index contributed by atoms with van der Waals surface area (Å²) in [5, 5.41) is 6.48. The van der Waals surface area contributed by atoms with E-state index in [0.29, 0.717) is 0 Å². The Balaban J connectivity index is 2.53. The maximum Gasteiger partial charge on any atom is 0.185 e. The van der Waals surface area contributed by atoms with Crippen LogP contribution in [0.1, 0.15) is 19.5 Å². The fourth-order valence-corrected chi connectivity index (χ4v) is 1.80. The van der Waals surface area contributed by atoms with Gasteiger partial charge in [0.05, 0.1) is 5.69 Å². The molecule has 4 heteroatoms. The lowest BCUT2D eigenvalue weighted by Gasteiger charge is -2.11. The molecule has 0 amide bonds. The molecule has 1 N–H and O–H groups in total. The Morgan fingerprint density at radius 1 is 1.54 bits per heavy atom. The van der Waals surface area contributed by atoms with E-state index in [9.17, 15) is 0 Å². The molecule has 1 aromatic rings. The third kappa shape index (κ3) is 2.97. The number of anilines is 1. The summed E-state index contributed by atoms with van der Waals surface area (Å²) in [6.07, 6.45) is 0. The van der Waals surface area contributed by atoms with Crippen LogP contribution in [0.4, 0.5) is 5.13 Å². The van der Waals surface area contributed by atoms with Crippen LogP contribution in [0.15, 0.2) is 5.38 Å². The van der Waals surface area contributed by atoms with Crippen molar-refractivity contribution in [3.8, 4) is 0 Å². The van der Waals surface area contributed by atoms with Crippen LogP contribution in [0.5, 0.6) is 0 Å². The van der Waals surface area contributed by atoms with Crippen molar-refractivity contribution in [3.63, 3.8) is 0 Å². The lowest BCUT2D eigenvalue weighted by molar-refractivity contribution is 0.713. The molecule has 0 atom stereocenters. The second kappa shape index (κ2) is 5.19. The largest absolute Gasteiger partial charge is 0.351 e. The highest BCUT2D eigenvalue weighted by molar-refractivity contribution is 7.13. The van der Waals surface area contributed by atoms with Gasteiger partial charge in [-0.15, -0.1) is 11.3 Å². The lowest BCUT2D eigenvalue weighted by atomic mass is 10.5. The van der Waals surface area contributed by atoms with Gasteiger partial charge in [-0.05, 0) is 13.5 Å². The third-order valence-electron chi connectivity index (χ3n) is 1.90. The predicted molar refractivity (Wildman–Crippen MR) is 58.4 cm³/mol. The molecule has 1 rings (SSSR count). The van der Waals surface area contributed by atoms with Crippen LogP contribution in [0.25, 0.3) is 0 Å². The number of hydrogen-bond donors (Lipinski definition) is 1. The van der Waals surface area contributed by atoms with Crippen LogP contribution in [0, 0.1) is 0 Å². The maximum atomic E-state index is 4.50. The van der Waals surface area contributed by atoms with Gasteiger partial charge >= 0.3 is 0 Å². The molecule has 0 spiro atoms. The summed E-state index contributed by atoms with van der Waals surface area (Å²) in [5.74, 6) is 0. The number of nitrogens with zero attached hydrogens (tertiary/aromatic N) is 2. The van der Waals surface area contributed by atoms with Gasteiger partial charge < -0.3 is 10.2 Å². The maximum absolute atomic E-state index is 4.50. The normalized spacial score (nSPS) is 10.4. The van der Waals surface area contributed by atoms with E-state index in [0.717, 1.165) is 30.5 Å². The Bertz CT molecular complexity index is 247. The number of nitrogens with one attached hydrogen (secondary N) is 1. The summed E-state index contributed by atoms with van der Waals surface area (Å²) >= 11 is 1.71. The molecular formula is C9H17N3S. The van der Waals surface area contributed by atoms with Gasteiger partial charge in [-0.25, -0.2) is 4.98 Å². The van der Waals surface area contributed by atoms with Gasteiger partial charge in [-0.3, -0.25) is 0 Å². The Morgan fingerprint density at radius 2 is 2.31 bits per heavy atom. The topological polar surface area (TPSA) is 28.2 Å². The number of hydrogen-bond acceptors (Lipinski definition) is 4. The molecule has 0 aromatic carbocycles. The van der Waals surface area contributed by atoms with Gasteiger partial charge in [0.25, 0.3) is 0 Å². The fourth-order valence-electron chi connectivity index (χ4n) is 0.941. The minimum absolute atomic E-state index is 0.880. The SMILES string of the molecule is CCNCc1csc(N(C)CC)n1. The van der Waals surface area contributed by atoms with Crippen molar-refractivity contribution in [1.82, 2.24) is 10.3 Å². The second-order valence-corrected chi connectivity index (χ2v) is 3.75. The summed E-state index contributed by atoms with van der Waals surface area (Å²) < 4.78 is 0. The van der Waals surface area contributed by atoms with E-state index in [1.807, 2.05) is 0 Å². The number of aromatic nitrogens is 1. The molecule has 74 valence electrons. The van der Waals surface area contributed by atoms with Gasteiger partial charge in [-0.2, -0.15) is 0 Å². The average molecular weight is 199 g/mol.